The van der Waals surface area contributed by atoms with E-state index < -0.39 is 0 Å². The molecule has 1 atom stereocenters. The number of ether oxygens (including phenoxy) is 1. The number of nitrogens with one attached hydrogen (secondary N) is 1. The Balaban J connectivity index is 1.33. The van der Waals surface area contributed by atoms with Gasteiger partial charge in [0.05, 0.1) is 24.4 Å². The van der Waals surface area contributed by atoms with Crippen LogP contribution in [0, 0.1) is 0 Å². The molecule has 2 saturated heterocycles. The summed E-state index contributed by atoms with van der Waals surface area (Å²) in [6, 6.07) is 1.99. The number of rotatable bonds is 3. The zero-order chi connectivity index (χ0) is 17.1. The van der Waals surface area contributed by atoms with Crippen LogP contribution in [-0.2, 0) is 4.74 Å². The van der Waals surface area contributed by atoms with Gasteiger partial charge in [0, 0.05) is 37.9 Å². The Hall–Kier alpha value is -2.61. The minimum atomic E-state index is -0.161. The molecule has 1 spiro atoms. The second kappa shape index (κ2) is 6.72. The van der Waals surface area contributed by atoms with E-state index in [2.05, 4.69) is 25.3 Å². The van der Waals surface area contributed by atoms with Gasteiger partial charge in [-0.3, -0.25) is 9.78 Å². The van der Waals surface area contributed by atoms with E-state index in [9.17, 15) is 4.79 Å². The molecule has 0 aromatic carbocycles. The van der Waals surface area contributed by atoms with Gasteiger partial charge in [0.1, 0.15) is 5.69 Å². The van der Waals surface area contributed by atoms with Crippen LogP contribution in [0.3, 0.4) is 0 Å². The second-order valence-corrected chi connectivity index (χ2v) is 6.49. The van der Waals surface area contributed by atoms with Crippen LogP contribution in [-0.4, -0.2) is 62.1 Å². The lowest BCUT2D eigenvalue weighted by Crippen LogP contribution is -2.47. The summed E-state index contributed by atoms with van der Waals surface area (Å²) in [6.45, 7) is 1.98. The van der Waals surface area contributed by atoms with E-state index >= 15 is 0 Å². The van der Waals surface area contributed by atoms with E-state index in [-0.39, 0.29) is 17.6 Å². The number of carbonyl (C=O) groups excluding carboxylic acids is 1. The molecule has 0 saturated carbocycles. The maximum absolute atomic E-state index is 12.5. The quantitative estimate of drug-likeness (QED) is 0.895. The molecule has 8 nitrogen and oxygen atoms in total. The zero-order valence-electron chi connectivity index (χ0n) is 13.8. The molecule has 4 rings (SSSR count). The third-order valence-corrected chi connectivity index (χ3v) is 4.85. The van der Waals surface area contributed by atoms with Gasteiger partial charge in [-0.25, -0.2) is 15.0 Å². The van der Waals surface area contributed by atoms with E-state index in [0.717, 1.165) is 19.3 Å². The normalized spacial score (nSPS) is 22.1. The highest BCUT2D eigenvalue weighted by atomic mass is 16.5. The first kappa shape index (κ1) is 15.9. The number of hydrogen-bond donors (Lipinski definition) is 1. The molecule has 1 N–H and O–H groups in total. The molecule has 8 heteroatoms. The highest BCUT2D eigenvalue weighted by Gasteiger charge is 2.43. The van der Waals surface area contributed by atoms with Crippen molar-refractivity contribution in [2.45, 2.75) is 30.9 Å². The van der Waals surface area contributed by atoms with Crippen molar-refractivity contribution in [1.82, 2.24) is 24.8 Å². The third kappa shape index (κ3) is 3.43. The standard InChI is InChI=1S/C17H20N6O2/c24-15(14-11-18-6-7-19-14)23-8-2-17(3-9-23)10-13(12-25-17)22-16-20-4-1-5-21-16/h1,4-7,11,13H,2-3,8-10,12H2,(H,20,21,22). The van der Waals surface area contributed by atoms with Crippen molar-refractivity contribution in [3.63, 3.8) is 0 Å². The number of carbonyl (C=O) groups is 1. The minimum absolute atomic E-state index is 0.0618. The fourth-order valence-corrected chi connectivity index (χ4v) is 3.53. The maximum Gasteiger partial charge on any atom is 0.274 e. The van der Waals surface area contributed by atoms with Gasteiger partial charge in [-0.15, -0.1) is 0 Å². The summed E-state index contributed by atoms with van der Waals surface area (Å²) in [4.78, 5) is 30.8. The summed E-state index contributed by atoms with van der Waals surface area (Å²) >= 11 is 0. The summed E-state index contributed by atoms with van der Waals surface area (Å²) in [5, 5.41) is 3.33. The van der Waals surface area contributed by atoms with Crippen LogP contribution in [0.1, 0.15) is 29.8 Å². The fourth-order valence-electron chi connectivity index (χ4n) is 3.53. The van der Waals surface area contributed by atoms with Crippen molar-refractivity contribution < 1.29 is 9.53 Å². The Morgan fingerprint density at radius 3 is 2.68 bits per heavy atom. The Morgan fingerprint density at radius 2 is 1.96 bits per heavy atom. The SMILES string of the molecule is O=C(c1cnccn1)N1CCC2(CC1)CC(Nc1ncccn1)CO2. The van der Waals surface area contributed by atoms with E-state index in [4.69, 9.17) is 4.74 Å². The lowest BCUT2D eigenvalue weighted by molar-refractivity contribution is -0.0389. The Labute approximate surface area is 145 Å². The van der Waals surface area contributed by atoms with Crippen molar-refractivity contribution in [2.75, 3.05) is 25.0 Å². The Kier molecular flexibility index (Phi) is 4.27. The van der Waals surface area contributed by atoms with Gasteiger partial charge in [0.15, 0.2) is 0 Å². The number of piperidine rings is 1. The van der Waals surface area contributed by atoms with Crippen LogP contribution in [0.15, 0.2) is 37.1 Å². The number of aromatic nitrogens is 4. The van der Waals surface area contributed by atoms with Crippen LogP contribution in [0.4, 0.5) is 5.95 Å². The zero-order valence-corrected chi connectivity index (χ0v) is 13.8. The Morgan fingerprint density at radius 1 is 1.16 bits per heavy atom. The molecule has 0 aliphatic carbocycles. The first-order valence-corrected chi connectivity index (χ1v) is 8.47. The molecule has 130 valence electrons. The molecule has 0 radical (unpaired) electrons. The van der Waals surface area contributed by atoms with Crippen molar-refractivity contribution in [3.8, 4) is 0 Å². The molecule has 4 heterocycles. The summed E-state index contributed by atoms with van der Waals surface area (Å²) in [6.07, 6.45) is 10.6. The van der Waals surface area contributed by atoms with Gasteiger partial charge >= 0.3 is 0 Å². The van der Waals surface area contributed by atoms with E-state index in [0.29, 0.717) is 31.3 Å². The van der Waals surface area contributed by atoms with E-state index in [1.54, 1.807) is 30.9 Å². The van der Waals surface area contributed by atoms with Gasteiger partial charge < -0.3 is 15.0 Å². The first-order valence-electron chi connectivity index (χ1n) is 8.47. The molecule has 1 unspecified atom stereocenters. The van der Waals surface area contributed by atoms with E-state index in [1.807, 2.05) is 4.90 Å². The van der Waals surface area contributed by atoms with Crippen LogP contribution in [0.2, 0.25) is 0 Å². The lowest BCUT2D eigenvalue weighted by Gasteiger charge is -2.38. The fraction of sp³-hybridized carbons (Fsp3) is 0.471. The molecule has 25 heavy (non-hydrogen) atoms. The average Bonchev–Trinajstić information content (AvgIpc) is 3.05. The largest absolute Gasteiger partial charge is 0.373 e. The van der Waals surface area contributed by atoms with Crippen LogP contribution < -0.4 is 5.32 Å². The minimum Gasteiger partial charge on any atom is -0.373 e. The van der Waals surface area contributed by atoms with Gasteiger partial charge in [0.2, 0.25) is 5.95 Å². The number of hydrogen-bond acceptors (Lipinski definition) is 7. The van der Waals surface area contributed by atoms with Crippen molar-refractivity contribution >= 4 is 11.9 Å². The first-order chi connectivity index (χ1) is 12.2. The summed E-state index contributed by atoms with van der Waals surface area (Å²) in [5.74, 6) is 0.566. The van der Waals surface area contributed by atoms with Crippen LogP contribution in [0.5, 0.6) is 0 Å². The Bertz CT molecular complexity index is 718. The maximum atomic E-state index is 12.5. The highest BCUT2D eigenvalue weighted by molar-refractivity contribution is 5.92. The highest BCUT2D eigenvalue weighted by Crippen LogP contribution is 2.36. The van der Waals surface area contributed by atoms with Gasteiger partial charge in [-0.1, -0.05) is 0 Å². The van der Waals surface area contributed by atoms with Gasteiger partial charge in [-0.05, 0) is 25.3 Å². The van der Waals surface area contributed by atoms with Crippen molar-refractivity contribution in [2.24, 2.45) is 0 Å². The number of anilines is 1. The summed E-state index contributed by atoms with van der Waals surface area (Å²) in [7, 11) is 0. The average molecular weight is 340 g/mol. The monoisotopic (exact) mass is 340 g/mol. The molecule has 0 bridgehead atoms. The molecule has 2 aromatic rings. The number of nitrogens with zero attached hydrogens (tertiary/aromatic N) is 5. The third-order valence-electron chi connectivity index (χ3n) is 4.85. The molecular weight excluding hydrogens is 320 g/mol. The summed E-state index contributed by atoms with van der Waals surface area (Å²) in [5.41, 5.74) is 0.234. The molecule has 1 amide bonds. The summed E-state index contributed by atoms with van der Waals surface area (Å²) < 4.78 is 6.12. The van der Waals surface area contributed by atoms with E-state index in [1.165, 1.54) is 6.20 Å². The predicted molar refractivity (Wildman–Crippen MR) is 89.9 cm³/mol. The number of likely N-dealkylation sites (tertiary alicyclic amines) is 1. The predicted octanol–water partition coefficient (Wildman–Crippen LogP) is 1.14. The van der Waals surface area contributed by atoms with Crippen molar-refractivity contribution in [1.29, 1.82) is 0 Å². The molecule has 2 fully saturated rings. The topological polar surface area (TPSA) is 93.1 Å². The van der Waals surface area contributed by atoms with Crippen LogP contribution in [0.25, 0.3) is 0 Å². The second-order valence-electron chi connectivity index (χ2n) is 6.49. The molecule has 2 aliphatic rings. The van der Waals surface area contributed by atoms with Gasteiger partial charge in [0.25, 0.3) is 5.91 Å². The molecular formula is C17H20N6O2. The van der Waals surface area contributed by atoms with Crippen molar-refractivity contribution in [3.05, 3.63) is 42.7 Å². The van der Waals surface area contributed by atoms with Gasteiger partial charge in [-0.2, -0.15) is 0 Å². The lowest BCUT2D eigenvalue weighted by atomic mass is 9.87. The van der Waals surface area contributed by atoms with Crippen LogP contribution >= 0.6 is 0 Å². The molecule has 2 aromatic heterocycles. The number of amides is 1. The molecule has 2 aliphatic heterocycles. The smallest absolute Gasteiger partial charge is 0.274 e.